The van der Waals surface area contributed by atoms with Crippen molar-refractivity contribution >= 4 is 44.7 Å². The number of halogens is 2. The number of hydrogen-bond acceptors (Lipinski definition) is 5. The molecule has 1 aliphatic rings. The molecule has 1 heterocycles. The highest BCUT2D eigenvalue weighted by atomic mass is 79.9. The summed E-state index contributed by atoms with van der Waals surface area (Å²) in [6.45, 7) is 1.84. The van der Waals surface area contributed by atoms with Gasteiger partial charge in [0.1, 0.15) is 11.5 Å². The zero-order valence-electron chi connectivity index (χ0n) is 15.9. The second-order valence-corrected chi connectivity index (χ2v) is 8.48. The number of rotatable bonds is 7. The summed E-state index contributed by atoms with van der Waals surface area (Å²) >= 11 is 9.54. The molecule has 2 N–H and O–H groups in total. The van der Waals surface area contributed by atoms with E-state index < -0.39 is 5.92 Å². The smallest absolute Gasteiger partial charge is 0.187 e. The van der Waals surface area contributed by atoms with E-state index in [0.717, 1.165) is 34.6 Å². The van der Waals surface area contributed by atoms with Crippen molar-refractivity contribution in [3.05, 3.63) is 57.0 Å². The summed E-state index contributed by atoms with van der Waals surface area (Å²) in [5.74, 6) is 0.148. The van der Waals surface area contributed by atoms with E-state index in [9.17, 15) is 4.79 Å². The minimum absolute atomic E-state index is 0.000990. The van der Waals surface area contributed by atoms with Crippen LogP contribution in [-0.4, -0.2) is 50.2 Å². The van der Waals surface area contributed by atoms with Crippen LogP contribution in [0.25, 0.3) is 0 Å². The fraction of sp³-hybridized carbons (Fsp3) is 0.333. The van der Waals surface area contributed by atoms with Gasteiger partial charge in [-0.3, -0.25) is 10.2 Å². The Bertz CT molecular complexity index is 901. The first-order chi connectivity index (χ1) is 13.3. The average molecular weight is 465 g/mol. The summed E-state index contributed by atoms with van der Waals surface area (Å²) in [7, 11) is 4.00. The van der Waals surface area contributed by atoms with Crippen LogP contribution in [0.4, 0.5) is 5.69 Å². The second kappa shape index (κ2) is 9.07. The zero-order valence-corrected chi connectivity index (χ0v) is 18.2. The van der Waals surface area contributed by atoms with Crippen LogP contribution in [-0.2, 0) is 11.2 Å². The normalized spacial score (nSPS) is 15.7. The van der Waals surface area contributed by atoms with Crippen LogP contribution in [0.1, 0.15) is 11.1 Å². The van der Waals surface area contributed by atoms with Crippen molar-refractivity contribution in [2.75, 3.05) is 39.1 Å². The first-order valence-electron chi connectivity index (χ1n) is 9.07. The van der Waals surface area contributed by atoms with Crippen LogP contribution in [0, 0.1) is 11.3 Å². The van der Waals surface area contributed by atoms with Crippen LogP contribution < -0.4 is 10.1 Å². The van der Waals surface area contributed by atoms with Gasteiger partial charge in [0.25, 0.3) is 0 Å². The molecule has 0 aromatic heterocycles. The maximum atomic E-state index is 13.0. The predicted molar refractivity (Wildman–Crippen MR) is 117 cm³/mol. The first-order valence-corrected chi connectivity index (χ1v) is 10.2. The van der Waals surface area contributed by atoms with Gasteiger partial charge in [-0.15, -0.1) is 0 Å². The Morgan fingerprint density at radius 2 is 2.11 bits per heavy atom. The molecule has 7 heteroatoms. The number of benzene rings is 2. The molecular formula is C21H23BrClN3O2. The molecule has 0 saturated carbocycles. The summed E-state index contributed by atoms with van der Waals surface area (Å²) in [4.78, 5) is 15.1. The Morgan fingerprint density at radius 3 is 2.86 bits per heavy atom. The third kappa shape index (κ3) is 4.93. The summed E-state index contributed by atoms with van der Waals surface area (Å²) in [6, 6.07) is 11.0. The monoisotopic (exact) mass is 463 g/mol. The third-order valence-electron chi connectivity index (χ3n) is 4.67. The zero-order chi connectivity index (χ0) is 20.3. The standard InChI is InChI=1S/C21H23BrClN3O2/c1-26(2)8-7-25-18-11-15(22)3-5-17(18)20(24)21(27)14-9-13-10-16(23)4-6-19(13)28-12-14/h3-6,10-11,14,24-25H,7-9,12H2,1-2H3. The van der Waals surface area contributed by atoms with E-state index in [1.165, 1.54) is 0 Å². The number of likely N-dealkylation sites (N-methyl/N-ethyl adjacent to an activating group) is 1. The number of ether oxygens (including phenoxy) is 1. The number of nitrogens with zero attached hydrogens (tertiary/aromatic N) is 1. The first kappa shape index (κ1) is 20.8. The van der Waals surface area contributed by atoms with Crippen molar-refractivity contribution in [3.63, 3.8) is 0 Å². The van der Waals surface area contributed by atoms with Crippen LogP contribution in [0.2, 0.25) is 5.02 Å². The quantitative estimate of drug-likeness (QED) is 0.601. The van der Waals surface area contributed by atoms with Crippen molar-refractivity contribution in [2.45, 2.75) is 6.42 Å². The molecule has 148 valence electrons. The average Bonchev–Trinajstić information content (AvgIpc) is 2.66. The molecular weight excluding hydrogens is 442 g/mol. The van der Waals surface area contributed by atoms with E-state index in [1.54, 1.807) is 12.1 Å². The minimum atomic E-state index is -0.392. The molecule has 2 aromatic rings. The van der Waals surface area contributed by atoms with Gasteiger partial charge in [-0.25, -0.2) is 0 Å². The van der Waals surface area contributed by atoms with Crippen LogP contribution >= 0.6 is 27.5 Å². The number of carbonyl (C=O) groups excluding carboxylic acids is 1. The molecule has 5 nitrogen and oxygen atoms in total. The Morgan fingerprint density at radius 1 is 1.32 bits per heavy atom. The number of Topliss-reactive ketones (excluding diaryl/α,β-unsaturated/α-hetero) is 1. The Hall–Kier alpha value is -1.89. The Balaban J connectivity index is 1.77. The fourth-order valence-electron chi connectivity index (χ4n) is 3.16. The molecule has 0 bridgehead atoms. The molecule has 0 aliphatic carbocycles. The highest BCUT2D eigenvalue weighted by molar-refractivity contribution is 9.10. The molecule has 0 radical (unpaired) electrons. The van der Waals surface area contributed by atoms with Gasteiger partial charge < -0.3 is 15.0 Å². The van der Waals surface area contributed by atoms with Gasteiger partial charge in [0.2, 0.25) is 0 Å². The van der Waals surface area contributed by atoms with Gasteiger partial charge in [-0.05, 0) is 62.5 Å². The molecule has 0 amide bonds. The van der Waals surface area contributed by atoms with Crippen LogP contribution in [0.5, 0.6) is 5.75 Å². The third-order valence-corrected chi connectivity index (χ3v) is 5.40. The number of ketones is 1. The molecule has 1 unspecified atom stereocenters. The lowest BCUT2D eigenvalue weighted by Crippen LogP contribution is -2.33. The molecule has 1 aliphatic heterocycles. The number of hydrogen-bond donors (Lipinski definition) is 2. The molecule has 28 heavy (non-hydrogen) atoms. The van der Waals surface area contributed by atoms with Gasteiger partial charge in [0.15, 0.2) is 5.78 Å². The lowest BCUT2D eigenvalue weighted by Gasteiger charge is -2.25. The molecule has 0 fully saturated rings. The number of anilines is 1. The summed E-state index contributed by atoms with van der Waals surface area (Å²) in [6.07, 6.45) is 0.525. The van der Waals surface area contributed by atoms with E-state index in [4.69, 9.17) is 21.7 Å². The molecule has 2 aromatic carbocycles. The van der Waals surface area contributed by atoms with Crippen LogP contribution in [0.3, 0.4) is 0 Å². The molecule has 0 saturated heterocycles. The van der Waals surface area contributed by atoms with E-state index in [0.29, 0.717) is 17.0 Å². The fourth-order valence-corrected chi connectivity index (χ4v) is 3.72. The van der Waals surface area contributed by atoms with E-state index in [1.807, 2.05) is 38.4 Å². The van der Waals surface area contributed by atoms with Gasteiger partial charge >= 0.3 is 0 Å². The number of fused-ring (bicyclic) bond motifs is 1. The number of carbonyl (C=O) groups is 1. The van der Waals surface area contributed by atoms with Gasteiger partial charge in [0.05, 0.1) is 12.5 Å². The van der Waals surface area contributed by atoms with Crippen molar-refractivity contribution in [2.24, 2.45) is 5.92 Å². The predicted octanol–water partition coefficient (Wildman–Crippen LogP) is 4.26. The van der Waals surface area contributed by atoms with Crippen LogP contribution in [0.15, 0.2) is 40.9 Å². The van der Waals surface area contributed by atoms with Crippen molar-refractivity contribution in [3.8, 4) is 5.75 Å². The van der Waals surface area contributed by atoms with E-state index >= 15 is 0 Å². The summed E-state index contributed by atoms with van der Waals surface area (Å²) < 4.78 is 6.63. The lowest BCUT2D eigenvalue weighted by molar-refractivity contribution is -0.117. The molecule has 0 spiro atoms. The highest BCUT2D eigenvalue weighted by Gasteiger charge is 2.30. The molecule has 1 atom stereocenters. The van der Waals surface area contributed by atoms with Gasteiger partial charge in [0, 0.05) is 33.8 Å². The highest BCUT2D eigenvalue weighted by Crippen LogP contribution is 2.31. The maximum absolute atomic E-state index is 13.0. The van der Waals surface area contributed by atoms with Gasteiger partial charge in [-0.2, -0.15) is 0 Å². The summed E-state index contributed by atoms with van der Waals surface area (Å²) in [5, 5.41) is 12.5. The Labute approximate surface area is 178 Å². The van der Waals surface area contributed by atoms with E-state index in [-0.39, 0.29) is 18.1 Å². The lowest BCUT2D eigenvalue weighted by atomic mass is 9.88. The van der Waals surface area contributed by atoms with Gasteiger partial charge in [-0.1, -0.05) is 27.5 Å². The van der Waals surface area contributed by atoms with Crippen molar-refractivity contribution < 1.29 is 9.53 Å². The Kier molecular flexibility index (Phi) is 6.75. The second-order valence-electron chi connectivity index (χ2n) is 7.12. The topological polar surface area (TPSA) is 65.4 Å². The summed E-state index contributed by atoms with van der Waals surface area (Å²) in [5.41, 5.74) is 2.28. The minimum Gasteiger partial charge on any atom is -0.493 e. The molecule has 3 rings (SSSR count). The SMILES string of the molecule is CN(C)CCNc1cc(Br)ccc1C(=N)C(=O)C1COc2ccc(Cl)cc2C1. The van der Waals surface area contributed by atoms with Crippen molar-refractivity contribution in [1.29, 1.82) is 5.41 Å². The van der Waals surface area contributed by atoms with E-state index in [2.05, 4.69) is 26.1 Å². The van der Waals surface area contributed by atoms with Crippen molar-refractivity contribution in [1.82, 2.24) is 4.90 Å². The largest absolute Gasteiger partial charge is 0.493 e. The maximum Gasteiger partial charge on any atom is 0.187 e. The number of nitrogens with one attached hydrogen (secondary N) is 2.